The zero-order chi connectivity index (χ0) is 18.0. The predicted octanol–water partition coefficient (Wildman–Crippen LogP) is 1.88. The van der Waals surface area contributed by atoms with Gasteiger partial charge in [-0.15, -0.1) is 24.0 Å². The lowest BCUT2D eigenvalue weighted by molar-refractivity contribution is 0.0389. The number of aliphatic imine (C=N–C) groups is 1. The van der Waals surface area contributed by atoms with E-state index in [2.05, 4.69) is 56.8 Å². The van der Waals surface area contributed by atoms with Gasteiger partial charge in [0.05, 0.1) is 25.4 Å². The Kier molecular flexibility index (Phi) is 9.57. The van der Waals surface area contributed by atoms with Gasteiger partial charge in [-0.2, -0.15) is 5.10 Å². The molecule has 0 radical (unpaired) electrons. The highest BCUT2D eigenvalue weighted by Crippen LogP contribution is 2.09. The molecule has 0 amide bonds. The van der Waals surface area contributed by atoms with E-state index >= 15 is 0 Å². The number of nitrogens with zero attached hydrogens (tertiary/aromatic N) is 4. The van der Waals surface area contributed by atoms with Crippen LogP contribution in [0, 0.1) is 0 Å². The molecule has 1 aromatic carbocycles. The molecular formula is C19H29IN6O. The van der Waals surface area contributed by atoms with E-state index < -0.39 is 0 Å². The van der Waals surface area contributed by atoms with E-state index in [1.807, 2.05) is 16.9 Å². The molecule has 0 bridgehead atoms. The molecule has 3 rings (SSSR count). The summed E-state index contributed by atoms with van der Waals surface area (Å²) in [5, 5.41) is 11.0. The zero-order valence-electron chi connectivity index (χ0n) is 15.8. The average Bonchev–Trinajstić information content (AvgIpc) is 3.22. The van der Waals surface area contributed by atoms with E-state index in [-0.39, 0.29) is 24.0 Å². The number of hydrogen-bond donors (Lipinski definition) is 2. The van der Waals surface area contributed by atoms with Crippen LogP contribution in [0.15, 0.2) is 47.7 Å². The molecule has 2 N–H and O–H groups in total. The Balaban J connectivity index is 0.00000261. The minimum atomic E-state index is 0. The molecule has 0 unspecified atom stereocenters. The van der Waals surface area contributed by atoms with Crippen LogP contribution in [0.5, 0.6) is 0 Å². The topological polar surface area (TPSA) is 66.7 Å². The highest BCUT2D eigenvalue weighted by atomic mass is 127. The number of halogens is 1. The van der Waals surface area contributed by atoms with Crippen molar-refractivity contribution in [3.05, 3.63) is 48.3 Å². The molecule has 148 valence electrons. The van der Waals surface area contributed by atoms with Crippen LogP contribution >= 0.6 is 24.0 Å². The molecule has 8 heteroatoms. The molecule has 7 nitrogen and oxygen atoms in total. The molecule has 0 spiro atoms. The molecule has 0 saturated carbocycles. The van der Waals surface area contributed by atoms with Gasteiger partial charge in [-0.1, -0.05) is 12.1 Å². The summed E-state index contributed by atoms with van der Waals surface area (Å²) in [6.07, 6.45) is 3.72. The minimum Gasteiger partial charge on any atom is -0.379 e. The van der Waals surface area contributed by atoms with Crippen molar-refractivity contribution in [3.63, 3.8) is 0 Å². The van der Waals surface area contributed by atoms with Crippen molar-refractivity contribution >= 4 is 29.9 Å². The lowest BCUT2D eigenvalue weighted by Gasteiger charge is -2.26. The van der Waals surface area contributed by atoms with Gasteiger partial charge >= 0.3 is 0 Å². The minimum absolute atomic E-state index is 0. The molecule has 2 aromatic rings. The van der Waals surface area contributed by atoms with Crippen molar-refractivity contribution in [2.45, 2.75) is 13.5 Å². The summed E-state index contributed by atoms with van der Waals surface area (Å²) in [6, 6.07) is 10.2. The van der Waals surface area contributed by atoms with Gasteiger partial charge in [0.25, 0.3) is 0 Å². The highest BCUT2D eigenvalue weighted by molar-refractivity contribution is 14.0. The number of ether oxygens (including phenoxy) is 1. The van der Waals surface area contributed by atoms with Crippen molar-refractivity contribution < 1.29 is 4.74 Å². The smallest absolute Gasteiger partial charge is 0.191 e. The maximum Gasteiger partial charge on any atom is 0.191 e. The number of aromatic nitrogens is 2. The summed E-state index contributed by atoms with van der Waals surface area (Å²) in [7, 11) is 0. The monoisotopic (exact) mass is 484 g/mol. The van der Waals surface area contributed by atoms with Gasteiger partial charge in [-0.3, -0.25) is 4.90 Å². The molecule has 27 heavy (non-hydrogen) atoms. The summed E-state index contributed by atoms with van der Waals surface area (Å²) in [6.45, 7) is 9.16. The van der Waals surface area contributed by atoms with Crippen LogP contribution in [0.4, 0.5) is 0 Å². The fourth-order valence-corrected chi connectivity index (χ4v) is 2.84. The second kappa shape index (κ2) is 11.9. The third-order valence-corrected chi connectivity index (χ3v) is 4.29. The Bertz CT molecular complexity index is 668. The van der Waals surface area contributed by atoms with Crippen LogP contribution in [0.1, 0.15) is 12.5 Å². The molecule has 1 aliphatic rings. The summed E-state index contributed by atoms with van der Waals surface area (Å²) >= 11 is 0. The first-order valence-electron chi connectivity index (χ1n) is 9.26. The largest absolute Gasteiger partial charge is 0.379 e. The Morgan fingerprint density at radius 1 is 1.19 bits per heavy atom. The zero-order valence-corrected chi connectivity index (χ0v) is 18.1. The van der Waals surface area contributed by atoms with E-state index in [0.29, 0.717) is 6.54 Å². The van der Waals surface area contributed by atoms with Crippen molar-refractivity contribution in [3.8, 4) is 5.69 Å². The van der Waals surface area contributed by atoms with Crippen LogP contribution in [-0.2, 0) is 11.3 Å². The number of guanidine groups is 1. The quantitative estimate of drug-likeness (QED) is 0.357. The summed E-state index contributed by atoms with van der Waals surface area (Å²) < 4.78 is 7.23. The van der Waals surface area contributed by atoms with Crippen LogP contribution in [0.25, 0.3) is 5.69 Å². The molecule has 0 atom stereocenters. The van der Waals surface area contributed by atoms with E-state index in [1.165, 1.54) is 5.56 Å². The number of morpholine rings is 1. The number of rotatable bonds is 7. The maximum absolute atomic E-state index is 5.38. The van der Waals surface area contributed by atoms with Crippen molar-refractivity contribution in [2.24, 2.45) is 4.99 Å². The van der Waals surface area contributed by atoms with Gasteiger partial charge in [0, 0.05) is 45.1 Å². The first kappa shape index (κ1) is 21.6. The summed E-state index contributed by atoms with van der Waals surface area (Å²) in [5.41, 5.74) is 2.23. The fourth-order valence-electron chi connectivity index (χ4n) is 2.84. The Morgan fingerprint density at radius 3 is 2.63 bits per heavy atom. The molecule has 1 aliphatic heterocycles. The Hall–Kier alpha value is -1.65. The van der Waals surface area contributed by atoms with Gasteiger partial charge < -0.3 is 15.4 Å². The van der Waals surface area contributed by atoms with Crippen LogP contribution < -0.4 is 10.6 Å². The summed E-state index contributed by atoms with van der Waals surface area (Å²) in [4.78, 5) is 7.10. The van der Waals surface area contributed by atoms with Gasteiger partial charge in [0.2, 0.25) is 0 Å². The van der Waals surface area contributed by atoms with E-state index in [1.54, 1.807) is 6.20 Å². The van der Waals surface area contributed by atoms with Gasteiger partial charge in [0.15, 0.2) is 5.96 Å². The molecule has 2 heterocycles. The van der Waals surface area contributed by atoms with E-state index in [4.69, 9.17) is 4.74 Å². The molecule has 1 aromatic heterocycles. The maximum atomic E-state index is 5.38. The van der Waals surface area contributed by atoms with E-state index in [9.17, 15) is 0 Å². The Morgan fingerprint density at radius 2 is 1.96 bits per heavy atom. The van der Waals surface area contributed by atoms with Crippen LogP contribution in [0.2, 0.25) is 0 Å². The molecule has 1 fully saturated rings. The predicted molar refractivity (Wildman–Crippen MR) is 119 cm³/mol. The van der Waals surface area contributed by atoms with Crippen molar-refractivity contribution in [1.82, 2.24) is 25.3 Å². The molecule has 0 aliphatic carbocycles. The number of benzene rings is 1. The fraction of sp³-hybridized carbons (Fsp3) is 0.474. The number of hydrogen-bond acceptors (Lipinski definition) is 4. The first-order valence-corrected chi connectivity index (χ1v) is 9.26. The van der Waals surface area contributed by atoms with Crippen molar-refractivity contribution in [1.29, 1.82) is 0 Å². The third kappa shape index (κ3) is 7.11. The summed E-state index contributed by atoms with van der Waals surface area (Å²) in [5.74, 6) is 0.858. The highest BCUT2D eigenvalue weighted by Gasteiger charge is 2.09. The SMILES string of the molecule is CCNC(=NCc1ccc(-n2cccn2)cc1)NCCN1CCOCC1.I. The second-order valence-corrected chi connectivity index (χ2v) is 6.19. The van der Waals surface area contributed by atoms with Gasteiger partial charge in [-0.05, 0) is 30.7 Å². The number of nitrogens with one attached hydrogen (secondary N) is 2. The lowest BCUT2D eigenvalue weighted by atomic mass is 10.2. The Labute approximate surface area is 178 Å². The van der Waals surface area contributed by atoms with E-state index in [0.717, 1.165) is 57.6 Å². The standard InChI is InChI=1S/C19H28N6O.HI/c1-2-20-19(21-9-11-24-12-14-26-15-13-24)22-16-17-4-6-18(7-5-17)25-10-3-8-23-25;/h3-8,10H,2,9,11-16H2,1H3,(H2,20,21,22);1H. The lowest BCUT2D eigenvalue weighted by Crippen LogP contribution is -2.44. The average molecular weight is 484 g/mol. The third-order valence-electron chi connectivity index (χ3n) is 4.29. The van der Waals surface area contributed by atoms with Crippen LogP contribution in [-0.4, -0.2) is 66.6 Å². The normalized spacial score (nSPS) is 15.2. The van der Waals surface area contributed by atoms with Gasteiger partial charge in [0.1, 0.15) is 0 Å². The molecule has 1 saturated heterocycles. The van der Waals surface area contributed by atoms with Gasteiger partial charge in [-0.25, -0.2) is 9.67 Å². The first-order chi connectivity index (χ1) is 12.8. The molecular weight excluding hydrogens is 455 g/mol. The van der Waals surface area contributed by atoms with Crippen molar-refractivity contribution in [2.75, 3.05) is 45.9 Å². The second-order valence-electron chi connectivity index (χ2n) is 6.19. The van der Waals surface area contributed by atoms with Crippen LogP contribution in [0.3, 0.4) is 0 Å².